The first kappa shape index (κ1) is 26.3. The molecule has 1 heterocycles. The summed E-state index contributed by atoms with van der Waals surface area (Å²) in [5, 5.41) is 8.56. The van der Waals surface area contributed by atoms with E-state index in [2.05, 4.69) is 70.2 Å². The fourth-order valence-corrected chi connectivity index (χ4v) is 3.41. The number of nitrogens with two attached hydrogens (primary N) is 1. The predicted molar refractivity (Wildman–Crippen MR) is 109 cm³/mol. The molecule has 0 aliphatic carbocycles. The lowest BCUT2D eigenvalue weighted by molar-refractivity contribution is -0.0746. The highest BCUT2D eigenvalue weighted by Crippen LogP contribution is 2.34. The third-order valence-electron chi connectivity index (χ3n) is 3.66. The van der Waals surface area contributed by atoms with Gasteiger partial charge in [0.15, 0.2) is 0 Å². The maximum absolute atomic E-state index is 9.44. The lowest BCUT2D eigenvalue weighted by Gasteiger charge is -2.45. The van der Waals surface area contributed by atoms with Gasteiger partial charge in [-0.15, -0.1) is 15.9 Å². The monoisotopic (exact) mass is 427 g/mol. The summed E-state index contributed by atoms with van der Waals surface area (Å²) in [6.07, 6.45) is 0. The van der Waals surface area contributed by atoms with Gasteiger partial charge in [0.2, 0.25) is 0 Å². The van der Waals surface area contributed by atoms with Gasteiger partial charge in [0, 0.05) is 11.7 Å². The van der Waals surface area contributed by atoms with E-state index in [1.54, 1.807) is 5.23 Å². The van der Waals surface area contributed by atoms with E-state index in [1.165, 1.54) is 11.3 Å². The third-order valence-corrected chi connectivity index (χ3v) is 5.05. The molecule has 0 spiro atoms. The van der Waals surface area contributed by atoms with Gasteiger partial charge in [-0.3, -0.25) is 20.0 Å². The van der Waals surface area contributed by atoms with Crippen LogP contribution in [0.15, 0.2) is 16.4 Å². The molecule has 2 unspecified atom stereocenters. The average molecular weight is 427 g/mol. The molecule has 1 aliphatic heterocycles. The predicted octanol–water partition coefficient (Wildman–Crippen LogP) is 2.65. The summed E-state index contributed by atoms with van der Waals surface area (Å²) in [6, 6.07) is 0.287. The Bertz CT molecular complexity index is 581. The van der Waals surface area contributed by atoms with Crippen LogP contribution in [0.3, 0.4) is 0 Å². The van der Waals surface area contributed by atoms with Crippen molar-refractivity contribution in [1.82, 2.24) is 15.8 Å². The van der Waals surface area contributed by atoms with Gasteiger partial charge < -0.3 is 9.79 Å². The van der Waals surface area contributed by atoms with E-state index < -0.39 is 16.5 Å². The number of nitrogens with zero attached hydrogens (tertiary/aromatic N) is 3. The number of hydrogen-bond donors (Lipinski definition) is 4. The molecule has 10 nitrogen and oxygen atoms in total. The smallest absolute Gasteiger partial charge is 0.323 e. The van der Waals surface area contributed by atoms with Crippen molar-refractivity contribution in [3.05, 3.63) is 11.3 Å². The van der Waals surface area contributed by atoms with Gasteiger partial charge in [-0.05, 0) is 37.2 Å². The van der Waals surface area contributed by atoms with Gasteiger partial charge in [-0.1, -0.05) is 41.5 Å². The largest absolute Gasteiger partial charge is 0.326 e. The van der Waals surface area contributed by atoms with Crippen molar-refractivity contribution < 1.29 is 23.2 Å². The van der Waals surface area contributed by atoms with Crippen molar-refractivity contribution in [2.75, 3.05) is 0 Å². The van der Waals surface area contributed by atoms with Crippen molar-refractivity contribution >= 4 is 22.2 Å². The molecule has 0 aromatic carbocycles. The Balaban J connectivity index is 0.000000821. The molecule has 27 heavy (non-hydrogen) atoms. The lowest BCUT2D eigenvalue weighted by Crippen LogP contribution is -2.56. The highest BCUT2D eigenvalue weighted by molar-refractivity contribution is 7.46. The molecule has 0 amide bonds. The summed E-state index contributed by atoms with van der Waals surface area (Å²) >= 11 is 0. The summed E-state index contributed by atoms with van der Waals surface area (Å²) in [4.78, 5) is 15.4. The second-order valence-corrected chi connectivity index (χ2v) is 9.12. The number of nitrogens with one attached hydrogen (secondary N) is 1. The molecule has 160 valence electrons. The summed E-state index contributed by atoms with van der Waals surface area (Å²) in [7, 11) is -6.40. The highest BCUT2D eigenvalue weighted by atomic mass is 31.2. The first-order valence-corrected chi connectivity index (χ1v) is 11.4. The second-order valence-electron chi connectivity index (χ2n) is 7.24. The van der Waals surface area contributed by atoms with E-state index in [9.17, 15) is 9.13 Å². The second kappa shape index (κ2) is 12.0. The third kappa shape index (κ3) is 8.03. The first-order valence-electron chi connectivity index (χ1n) is 8.87. The fraction of sp³-hybridized carbons (Fsp3) is 0.800. The Morgan fingerprint density at radius 3 is 1.67 bits per heavy atom. The molecule has 0 fully saturated rings. The van der Waals surface area contributed by atoms with Crippen molar-refractivity contribution in [2.45, 2.75) is 61.4 Å². The number of rotatable bonds is 7. The van der Waals surface area contributed by atoms with E-state index in [0.717, 1.165) is 5.71 Å². The van der Waals surface area contributed by atoms with Crippen LogP contribution in [0.1, 0.15) is 55.4 Å². The SMILES string of the molecule is CC(C)C1=NN(NN)N(C(C)C)C(C(C)C)=C1C(C)C.O=[PH](O)O[PH](=O)O. The minimum absolute atomic E-state index is 0.287. The maximum atomic E-state index is 9.44. The normalized spacial score (nSPS) is 17.5. The topological polar surface area (TPSA) is 141 Å². The van der Waals surface area contributed by atoms with Crippen LogP contribution in [0.5, 0.6) is 0 Å². The van der Waals surface area contributed by atoms with E-state index in [0.29, 0.717) is 17.8 Å². The van der Waals surface area contributed by atoms with Crippen LogP contribution >= 0.6 is 16.5 Å². The summed E-state index contributed by atoms with van der Waals surface area (Å²) in [5.41, 5.74) is 6.49. The van der Waals surface area contributed by atoms with Crippen molar-refractivity contribution in [1.29, 1.82) is 0 Å². The number of hydrazone groups is 1. The van der Waals surface area contributed by atoms with Crippen LogP contribution in [0, 0.1) is 17.8 Å². The van der Waals surface area contributed by atoms with E-state index in [4.69, 9.17) is 20.7 Å². The quantitative estimate of drug-likeness (QED) is 0.274. The molecule has 2 atom stereocenters. The molecular formula is C15H35N5O5P2. The molecule has 0 aromatic heterocycles. The minimum atomic E-state index is -3.20. The molecule has 1 rings (SSSR count). The first-order chi connectivity index (χ1) is 12.3. The van der Waals surface area contributed by atoms with Gasteiger partial charge in [-0.25, -0.2) is 4.31 Å². The van der Waals surface area contributed by atoms with Crippen molar-refractivity contribution in [3.8, 4) is 0 Å². The molecule has 12 heteroatoms. The van der Waals surface area contributed by atoms with Crippen LogP contribution < -0.4 is 11.4 Å². The maximum Gasteiger partial charge on any atom is 0.323 e. The zero-order valence-electron chi connectivity index (χ0n) is 17.3. The number of hydrazine groups is 3. The van der Waals surface area contributed by atoms with E-state index >= 15 is 0 Å². The zero-order chi connectivity index (χ0) is 21.5. The fourth-order valence-electron chi connectivity index (χ4n) is 2.82. The van der Waals surface area contributed by atoms with Crippen LogP contribution in [0.2, 0.25) is 0 Å². The molecule has 0 saturated carbocycles. The van der Waals surface area contributed by atoms with Crippen molar-refractivity contribution in [2.24, 2.45) is 28.7 Å². The number of hydrogen-bond acceptors (Lipinski definition) is 8. The molecule has 5 N–H and O–H groups in total. The summed E-state index contributed by atoms with van der Waals surface area (Å²) in [5.74, 6) is 6.90. The van der Waals surface area contributed by atoms with Gasteiger partial charge in [0.05, 0.1) is 5.71 Å². The zero-order valence-corrected chi connectivity index (χ0v) is 19.3. The van der Waals surface area contributed by atoms with Gasteiger partial charge in [0.1, 0.15) is 0 Å². The van der Waals surface area contributed by atoms with Crippen LogP contribution in [0.4, 0.5) is 0 Å². The Kier molecular flexibility index (Phi) is 11.6. The van der Waals surface area contributed by atoms with Crippen molar-refractivity contribution in [3.63, 3.8) is 0 Å². The molecule has 0 bridgehead atoms. The van der Waals surface area contributed by atoms with Crippen LogP contribution in [-0.2, 0) is 13.4 Å². The molecule has 0 saturated heterocycles. The number of allylic oxidation sites excluding steroid dienone is 2. The Labute approximate surface area is 163 Å². The summed E-state index contributed by atoms with van der Waals surface area (Å²) < 4.78 is 22.3. The van der Waals surface area contributed by atoms with E-state index in [-0.39, 0.29) is 6.04 Å². The minimum Gasteiger partial charge on any atom is -0.326 e. The van der Waals surface area contributed by atoms with Gasteiger partial charge >= 0.3 is 16.5 Å². The Morgan fingerprint density at radius 2 is 1.44 bits per heavy atom. The molecule has 0 radical (unpaired) electrons. The summed E-state index contributed by atoms with van der Waals surface area (Å²) in [6.45, 7) is 17.6. The highest BCUT2D eigenvalue weighted by Gasteiger charge is 2.33. The lowest BCUT2D eigenvalue weighted by atomic mass is 9.86. The standard InChI is InChI=1S/C15H31N5.H4O5P2/c1-9(2)13-14(10(3)4)17-20(18-16)19(12(7)8)15(13)11(5)6;1-6(2)5-7(3)4/h9-12,18H,16H2,1-8H3;6-7H,(H,1,2)(H,3,4). The molecular weight excluding hydrogens is 392 g/mol. The molecule has 0 aromatic rings. The van der Waals surface area contributed by atoms with Crippen LogP contribution in [0.25, 0.3) is 0 Å². The Morgan fingerprint density at radius 1 is 0.963 bits per heavy atom. The van der Waals surface area contributed by atoms with Gasteiger partial charge in [-0.2, -0.15) is 0 Å². The van der Waals surface area contributed by atoms with E-state index in [1.807, 2.05) is 0 Å². The van der Waals surface area contributed by atoms with Gasteiger partial charge in [0.25, 0.3) is 0 Å². The van der Waals surface area contributed by atoms with Crippen LogP contribution in [-0.4, -0.2) is 31.8 Å². The average Bonchev–Trinajstić information content (AvgIpc) is 2.51. The Hall–Kier alpha value is -0.730. The molecule has 1 aliphatic rings.